The molecule has 0 saturated carbocycles. The molecule has 0 aliphatic rings. The van der Waals surface area contributed by atoms with Gasteiger partial charge in [-0.1, -0.05) is 146 Å². The van der Waals surface area contributed by atoms with Gasteiger partial charge in [-0.25, -0.2) is 13.2 Å². The van der Waals surface area contributed by atoms with E-state index in [1.165, 1.54) is 123 Å². The van der Waals surface area contributed by atoms with Crippen molar-refractivity contribution in [3.63, 3.8) is 0 Å². The molecular formula is C39H55BF3O3-. The molecule has 0 aliphatic carbocycles. The van der Waals surface area contributed by atoms with E-state index in [9.17, 15) is 13.2 Å². The lowest BCUT2D eigenvalue weighted by atomic mass is 9.14. The van der Waals surface area contributed by atoms with Crippen LogP contribution in [0.5, 0.6) is 17.2 Å². The van der Waals surface area contributed by atoms with Gasteiger partial charge in [0.15, 0.2) is 34.7 Å². The fourth-order valence-corrected chi connectivity index (χ4v) is 7.02. The Labute approximate surface area is 276 Å². The standard InChI is InChI=1S/C39H55BF3O3/c1-5-6-7-8-9-10-11-12-13-14-15-16-17-18-19-20-27-40(31-21-24-34(41)37(28-31)44-2,32-22-25-35(42)38(29-32)45-3)33-23-26-36(43)39(30-33)46-4/h21-26,28-30H,5-20,27H2,1-4H3/q-1. The number of benzene rings is 3. The lowest BCUT2D eigenvalue weighted by Crippen LogP contribution is -2.67. The van der Waals surface area contributed by atoms with Gasteiger partial charge in [-0.05, 0) is 18.2 Å². The highest BCUT2D eigenvalue weighted by Gasteiger charge is 2.32. The summed E-state index contributed by atoms with van der Waals surface area (Å²) in [5.74, 6) is -1.03. The number of ether oxygens (including phenoxy) is 3. The van der Waals surface area contributed by atoms with E-state index >= 15 is 0 Å². The molecule has 0 heterocycles. The minimum Gasteiger partial charge on any atom is -0.494 e. The summed E-state index contributed by atoms with van der Waals surface area (Å²) in [6, 6.07) is 14.6. The maximum absolute atomic E-state index is 14.7. The SMILES string of the molecule is CCCCCCCCCCCCCCCCCC[B-](c1ccc(F)c(OC)c1)(c1ccc(F)c(OC)c1)c1ccc(F)c(OC)c1. The van der Waals surface area contributed by atoms with Crippen molar-refractivity contribution in [3.05, 3.63) is 72.0 Å². The molecule has 3 aromatic rings. The zero-order chi connectivity index (χ0) is 33.2. The Morgan fingerprint density at radius 1 is 0.435 bits per heavy atom. The first-order chi connectivity index (χ1) is 22.4. The summed E-state index contributed by atoms with van der Waals surface area (Å²) in [5, 5.41) is 0. The van der Waals surface area contributed by atoms with Crippen molar-refractivity contribution in [2.24, 2.45) is 0 Å². The Morgan fingerprint density at radius 2 is 0.717 bits per heavy atom. The van der Waals surface area contributed by atoms with Crippen molar-refractivity contribution < 1.29 is 27.4 Å². The Kier molecular flexibility index (Phi) is 16.4. The fraction of sp³-hybridized carbons (Fsp3) is 0.538. The molecule has 3 rings (SSSR count). The molecule has 0 amide bonds. The van der Waals surface area contributed by atoms with Crippen molar-refractivity contribution in [3.8, 4) is 17.2 Å². The van der Waals surface area contributed by atoms with E-state index in [4.69, 9.17) is 14.2 Å². The average molecular weight is 640 g/mol. The minimum atomic E-state index is -1.82. The Hall–Kier alpha value is -3.09. The van der Waals surface area contributed by atoms with Crippen LogP contribution in [0.15, 0.2) is 54.6 Å². The first kappa shape index (κ1) is 37.4. The minimum absolute atomic E-state index is 0.124. The van der Waals surface area contributed by atoms with Crippen LogP contribution in [-0.4, -0.2) is 27.5 Å². The van der Waals surface area contributed by atoms with Crippen LogP contribution in [0.2, 0.25) is 6.32 Å². The summed E-state index contributed by atoms with van der Waals surface area (Å²) < 4.78 is 60.1. The zero-order valence-corrected chi connectivity index (χ0v) is 28.7. The van der Waals surface area contributed by atoms with Crippen molar-refractivity contribution in [2.75, 3.05) is 21.3 Å². The van der Waals surface area contributed by atoms with E-state index in [0.29, 0.717) is 6.32 Å². The van der Waals surface area contributed by atoms with Crippen molar-refractivity contribution in [2.45, 2.75) is 116 Å². The van der Waals surface area contributed by atoms with Crippen LogP contribution in [0.4, 0.5) is 13.2 Å². The van der Waals surface area contributed by atoms with Gasteiger partial charge in [0.2, 0.25) is 0 Å². The maximum atomic E-state index is 14.7. The first-order valence-corrected chi connectivity index (χ1v) is 17.6. The fourth-order valence-electron chi connectivity index (χ4n) is 7.02. The smallest absolute Gasteiger partial charge is 0.164 e. The zero-order valence-electron chi connectivity index (χ0n) is 28.7. The first-order valence-electron chi connectivity index (χ1n) is 17.6. The highest BCUT2D eigenvalue weighted by atomic mass is 19.1. The summed E-state index contributed by atoms with van der Waals surface area (Å²) in [4.78, 5) is 0. The molecule has 0 aliphatic heterocycles. The number of hydrogen-bond donors (Lipinski definition) is 0. The van der Waals surface area contributed by atoms with Gasteiger partial charge in [0, 0.05) is 0 Å². The number of unbranched alkanes of at least 4 members (excludes halogenated alkanes) is 15. The molecule has 0 saturated heterocycles. The number of hydrogen-bond acceptors (Lipinski definition) is 3. The van der Waals surface area contributed by atoms with Crippen molar-refractivity contribution in [1.82, 2.24) is 0 Å². The topological polar surface area (TPSA) is 27.7 Å². The summed E-state index contributed by atoms with van der Waals surface area (Å²) in [6.07, 6.45) is 19.2. The van der Waals surface area contributed by atoms with Gasteiger partial charge >= 0.3 is 0 Å². The molecule has 254 valence electrons. The molecule has 0 radical (unpaired) electrons. The maximum Gasteiger partial charge on any atom is 0.164 e. The molecule has 0 atom stereocenters. The molecule has 0 aromatic heterocycles. The van der Waals surface area contributed by atoms with Gasteiger partial charge in [0.25, 0.3) is 0 Å². The van der Waals surface area contributed by atoms with E-state index in [-0.39, 0.29) is 17.2 Å². The number of methoxy groups -OCH3 is 3. The Bertz CT molecular complexity index is 1190. The van der Waals surface area contributed by atoms with Crippen LogP contribution in [0.1, 0.15) is 110 Å². The van der Waals surface area contributed by atoms with E-state index in [1.54, 1.807) is 36.4 Å². The predicted octanol–water partition coefficient (Wildman–Crippen LogP) is 9.86. The Balaban J connectivity index is 1.71. The lowest BCUT2D eigenvalue weighted by molar-refractivity contribution is 0.386. The van der Waals surface area contributed by atoms with E-state index < -0.39 is 23.6 Å². The van der Waals surface area contributed by atoms with Gasteiger partial charge < -0.3 is 14.2 Å². The van der Waals surface area contributed by atoms with E-state index in [0.717, 1.165) is 35.7 Å². The van der Waals surface area contributed by atoms with Crippen LogP contribution in [-0.2, 0) is 0 Å². The molecule has 0 unspecified atom stereocenters. The van der Waals surface area contributed by atoms with Crippen LogP contribution < -0.4 is 30.6 Å². The predicted molar refractivity (Wildman–Crippen MR) is 188 cm³/mol. The summed E-state index contributed by atoms with van der Waals surface area (Å²) in [6.45, 7) is 2.26. The molecule has 46 heavy (non-hydrogen) atoms. The molecule has 3 nitrogen and oxygen atoms in total. The van der Waals surface area contributed by atoms with Crippen molar-refractivity contribution >= 4 is 22.5 Å². The highest BCUT2D eigenvalue weighted by molar-refractivity contribution is 7.11. The van der Waals surface area contributed by atoms with Gasteiger partial charge in [0.1, 0.15) is 0 Å². The van der Waals surface area contributed by atoms with E-state index in [2.05, 4.69) is 6.92 Å². The molecule has 0 spiro atoms. The number of rotatable bonds is 23. The van der Waals surface area contributed by atoms with Gasteiger partial charge in [0.05, 0.1) is 27.5 Å². The molecule has 7 heteroatoms. The summed E-state index contributed by atoms with van der Waals surface area (Å²) in [7, 11) is 4.32. The van der Waals surface area contributed by atoms with Crippen LogP contribution in [0.3, 0.4) is 0 Å². The second-order valence-corrected chi connectivity index (χ2v) is 12.8. The van der Waals surface area contributed by atoms with Crippen molar-refractivity contribution in [1.29, 1.82) is 0 Å². The molecule has 0 fully saturated rings. The normalized spacial score (nSPS) is 11.5. The quantitative estimate of drug-likeness (QED) is 0.0764. The molecule has 0 N–H and O–H groups in total. The van der Waals surface area contributed by atoms with Crippen LogP contribution in [0, 0.1) is 17.5 Å². The summed E-state index contributed by atoms with van der Waals surface area (Å²) >= 11 is 0. The third-order valence-electron chi connectivity index (χ3n) is 9.72. The van der Waals surface area contributed by atoms with Gasteiger partial charge in [-0.15, -0.1) is 0 Å². The number of halogens is 3. The lowest BCUT2D eigenvalue weighted by Gasteiger charge is -2.44. The Morgan fingerprint density at radius 3 is 1.00 bits per heavy atom. The molecule has 0 bridgehead atoms. The molecule has 3 aromatic carbocycles. The van der Waals surface area contributed by atoms with Crippen LogP contribution >= 0.6 is 0 Å². The highest BCUT2D eigenvalue weighted by Crippen LogP contribution is 2.26. The summed E-state index contributed by atoms with van der Waals surface area (Å²) in [5.41, 5.74) is 2.46. The third-order valence-corrected chi connectivity index (χ3v) is 9.72. The second-order valence-electron chi connectivity index (χ2n) is 12.8. The van der Waals surface area contributed by atoms with Gasteiger partial charge in [-0.2, -0.15) is 22.7 Å². The van der Waals surface area contributed by atoms with Gasteiger partial charge in [-0.3, -0.25) is 0 Å². The van der Waals surface area contributed by atoms with E-state index in [1.807, 2.05) is 0 Å². The second kappa shape index (κ2) is 20.2. The average Bonchev–Trinajstić information content (AvgIpc) is 3.07. The van der Waals surface area contributed by atoms with Crippen LogP contribution in [0.25, 0.3) is 0 Å². The monoisotopic (exact) mass is 639 g/mol. The molecular weight excluding hydrogens is 584 g/mol. The third kappa shape index (κ3) is 10.5. The largest absolute Gasteiger partial charge is 0.494 e.